The number of fused-ring (bicyclic) bond motifs is 1. The minimum absolute atomic E-state index is 0.115. The molecular weight excluding hydrogens is 516 g/mol. The molecule has 0 fully saturated rings. The highest BCUT2D eigenvalue weighted by Gasteiger charge is 2.47. The molecule has 0 aromatic heterocycles. The molecule has 0 unspecified atom stereocenters. The van der Waals surface area contributed by atoms with E-state index in [1.165, 1.54) is 0 Å². The third-order valence-corrected chi connectivity index (χ3v) is 14.1. The largest absolute Gasteiger partial charge is 0.543 e. The number of ketones is 1. The fraction of sp³-hybridized carbons (Fsp3) is 0.324. The fourth-order valence-corrected chi connectivity index (χ4v) is 11.4. The van der Waals surface area contributed by atoms with Gasteiger partial charge < -0.3 is 19.0 Å². The zero-order chi connectivity index (χ0) is 29.2. The monoisotopic (exact) mass is 556 g/mol. The smallest absolute Gasteiger partial charge is 0.258 e. The van der Waals surface area contributed by atoms with Gasteiger partial charge in [-0.2, -0.15) is 0 Å². The summed E-state index contributed by atoms with van der Waals surface area (Å²) in [6, 6.07) is 22.0. The molecule has 4 rings (SSSR count). The number of ether oxygens (including phenoxy) is 2. The standard InChI is InChI=1S/C34H40O5Si/c1-21(2)40(22(3)4,23(5)6)39-27-13-9-24(10-14-27)34(36)33-29-17-12-26(35)19-25(29)11-16-31(33)30-18-15-28(37-7)20-32(30)38-8/h9-23,35H,1-8H3. The van der Waals surface area contributed by atoms with Crippen LogP contribution in [0.1, 0.15) is 57.5 Å². The molecule has 0 spiro atoms. The second kappa shape index (κ2) is 11.8. The second-order valence-electron chi connectivity index (χ2n) is 11.2. The molecule has 4 aromatic rings. The highest BCUT2D eigenvalue weighted by molar-refractivity contribution is 6.78. The van der Waals surface area contributed by atoms with E-state index < -0.39 is 8.32 Å². The third kappa shape index (κ3) is 5.33. The van der Waals surface area contributed by atoms with Crippen LogP contribution in [-0.2, 0) is 0 Å². The molecule has 40 heavy (non-hydrogen) atoms. The van der Waals surface area contributed by atoms with Crippen molar-refractivity contribution in [3.05, 3.63) is 83.9 Å². The van der Waals surface area contributed by atoms with Crippen LogP contribution >= 0.6 is 0 Å². The van der Waals surface area contributed by atoms with Crippen LogP contribution in [0.5, 0.6) is 23.0 Å². The first-order chi connectivity index (χ1) is 19.0. The molecule has 1 N–H and O–H groups in total. The normalized spacial score (nSPS) is 11.9. The van der Waals surface area contributed by atoms with Crippen molar-refractivity contribution in [2.45, 2.75) is 58.2 Å². The van der Waals surface area contributed by atoms with Crippen LogP contribution < -0.4 is 13.9 Å². The summed E-state index contributed by atoms with van der Waals surface area (Å²) in [4.78, 5) is 14.2. The lowest BCUT2D eigenvalue weighted by molar-refractivity contribution is 0.104. The van der Waals surface area contributed by atoms with E-state index in [1.54, 1.807) is 32.4 Å². The maximum absolute atomic E-state index is 14.2. The van der Waals surface area contributed by atoms with E-state index in [0.717, 1.165) is 27.6 Å². The van der Waals surface area contributed by atoms with Gasteiger partial charge in [0.25, 0.3) is 8.32 Å². The number of aromatic hydroxyl groups is 1. The lowest BCUT2D eigenvalue weighted by Crippen LogP contribution is -2.50. The number of carbonyl (C=O) groups excluding carboxylic acids is 1. The number of methoxy groups -OCH3 is 2. The Morgan fingerprint density at radius 2 is 1.30 bits per heavy atom. The minimum atomic E-state index is -2.12. The molecule has 0 saturated carbocycles. The van der Waals surface area contributed by atoms with Gasteiger partial charge in [0.2, 0.25) is 0 Å². The average molecular weight is 557 g/mol. The number of rotatable bonds is 10. The summed E-state index contributed by atoms with van der Waals surface area (Å²) in [5, 5.41) is 11.6. The molecule has 6 heteroatoms. The molecule has 0 aliphatic carbocycles. The van der Waals surface area contributed by atoms with Gasteiger partial charge in [0.15, 0.2) is 5.78 Å². The quantitative estimate of drug-likeness (QED) is 0.156. The van der Waals surface area contributed by atoms with Crippen molar-refractivity contribution in [3.63, 3.8) is 0 Å². The summed E-state index contributed by atoms with van der Waals surface area (Å²) in [6.07, 6.45) is 0. The SMILES string of the molecule is COc1ccc(-c2ccc3cc(O)ccc3c2C(=O)c2ccc(O[Si](C(C)C)(C(C)C)C(C)C)cc2)c(OC)c1. The summed E-state index contributed by atoms with van der Waals surface area (Å²) >= 11 is 0. The van der Waals surface area contributed by atoms with Crippen molar-refractivity contribution >= 4 is 24.9 Å². The van der Waals surface area contributed by atoms with Gasteiger partial charge in [-0.25, -0.2) is 0 Å². The molecule has 0 aliphatic rings. The van der Waals surface area contributed by atoms with Crippen LogP contribution in [0.2, 0.25) is 16.6 Å². The predicted molar refractivity (Wildman–Crippen MR) is 166 cm³/mol. The number of carbonyl (C=O) groups is 1. The fourth-order valence-electron chi connectivity index (χ4n) is 6.18. The first kappa shape index (κ1) is 29.2. The zero-order valence-electron chi connectivity index (χ0n) is 24.7. The topological polar surface area (TPSA) is 65.0 Å². The van der Waals surface area contributed by atoms with Gasteiger partial charge >= 0.3 is 0 Å². The Hall–Kier alpha value is -3.77. The van der Waals surface area contributed by atoms with E-state index in [1.807, 2.05) is 54.6 Å². The average Bonchev–Trinajstić information content (AvgIpc) is 2.94. The molecule has 0 atom stereocenters. The highest BCUT2D eigenvalue weighted by Crippen LogP contribution is 2.43. The summed E-state index contributed by atoms with van der Waals surface area (Å²) in [7, 11) is 1.09. The van der Waals surface area contributed by atoms with Gasteiger partial charge in [-0.3, -0.25) is 4.79 Å². The molecule has 4 aromatic carbocycles. The summed E-state index contributed by atoms with van der Waals surface area (Å²) in [5.41, 5.74) is 3.98. The minimum Gasteiger partial charge on any atom is -0.543 e. The molecule has 0 saturated heterocycles. The van der Waals surface area contributed by atoms with E-state index in [-0.39, 0.29) is 11.5 Å². The summed E-state index contributed by atoms with van der Waals surface area (Å²) in [5.74, 6) is 2.11. The number of hydrogen-bond donors (Lipinski definition) is 1. The van der Waals surface area contributed by atoms with E-state index in [2.05, 4.69) is 41.5 Å². The Labute approximate surface area is 238 Å². The zero-order valence-corrected chi connectivity index (χ0v) is 25.7. The van der Waals surface area contributed by atoms with Gasteiger partial charge in [0.1, 0.15) is 23.0 Å². The van der Waals surface area contributed by atoms with Gasteiger partial charge in [0, 0.05) is 22.8 Å². The van der Waals surface area contributed by atoms with Crippen LogP contribution in [0.4, 0.5) is 0 Å². The third-order valence-electron chi connectivity index (χ3n) is 8.05. The number of hydrogen-bond acceptors (Lipinski definition) is 5. The van der Waals surface area contributed by atoms with Crippen molar-refractivity contribution < 1.29 is 23.8 Å². The number of phenolic OH excluding ortho intramolecular Hbond substituents is 1. The summed E-state index contributed by atoms with van der Waals surface area (Å²) in [6.45, 7) is 13.6. The second-order valence-corrected chi connectivity index (χ2v) is 16.6. The maximum atomic E-state index is 14.2. The van der Waals surface area contributed by atoms with Crippen molar-refractivity contribution in [1.29, 1.82) is 0 Å². The van der Waals surface area contributed by atoms with Crippen molar-refractivity contribution in [2.24, 2.45) is 0 Å². The first-order valence-electron chi connectivity index (χ1n) is 13.8. The molecule has 0 aliphatic heterocycles. The summed E-state index contributed by atoms with van der Waals surface area (Å²) < 4.78 is 17.9. The molecule has 0 bridgehead atoms. The van der Waals surface area contributed by atoms with Crippen LogP contribution in [0.25, 0.3) is 21.9 Å². The van der Waals surface area contributed by atoms with Crippen LogP contribution in [0.15, 0.2) is 72.8 Å². The Morgan fingerprint density at radius 3 is 1.88 bits per heavy atom. The Kier molecular flexibility index (Phi) is 8.59. The lowest BCUT2D eigenvalue weighted by atomic mass is 9.89. The molecule has 0 amide bonds. The lowest BCUT2D eigenvalue weighted by Gasteiger charge is -2.42. The molecule has 210 valence electrons. The van der Waals surface area contributed by atoms with E-state index in [0.29, 0.717) is 39.2 Å². The number of benzene rings is 4. The highest BCUT2D eigenvalue weighted by atomic mass is 28.4. The molecular formula is C34H40O5Si. The Balaban J connectivity index is 1.83. The van der Waals surface area contributed by atoms with Crippen LogP contribution in [-0.4, -0.2) is 33.4 Å². The molecule has 0 heterocycles. The van der Waals surface area contributed by atoms with Crippen molar-refractivity contribution in [2.75, 3.05) is 14.2 Å². The van der Waals surface area contributed by atoms with E-state index in [9.17, 15) is 9.90 Å². The van der Waals surface area contributed by atoms with Gasteiger partial charge in [0.05, 0.1) is 14.2 Å². The van der Waals surface area contributed by atoms with Gasteiger partial charge in [-0.1, -0.05) is 53.7 Å². The Morgan fingerprint density at radius 1 is 0.700 bits per heavy atom. The molecule has 5 nitrogen and oxygen atoms in total. The molecule has 0 radical (unpaired) electrons. The van der Waals surface area contributed by atoms with E-state index >= 15 is 0 Å². The predicted octanol–water partition coefficient (Wildman–Crippen LogP) is 9.01. The van der Waals surface area contributed by atoms with Crippen molar-refractivity contribution in [1.82, 2.24) is 0 Å². The first-order valence-corrected chi connectivity index (χ1v) is 16.0. The maximum Gasteiger partial charge on any atom is 0.258 e. The van der Waals surface area contributed by atoms with E-state index in [4.69, 9.17) is 13.9 Å². The van der Waals surface area contributed by atoms with Crippen LogP contribution in [0.3, 0.4) is 0 Å². The Bertz CT molecular complexity index is 1480. The van der Waals surface area contributed by atoms with Crippen LogP contribution in [0, 0.1) is 0 Å². The van der Waals surface area contributed by atoms with Gasteiger partial charge in [-0.05, 0) is 87.6 Å². The van der Waals surface area contributed by atoms with Crippen molar-refractivity contribution in [3.8, 4) is 34.1 Å². The number of phenols is 1. The van der Waals surface area contributed by atoms with Gasteiger partial charge in [-0.15, -0.1) is 0 Å².